The Morgan fingerprint density at radius 2 is 2.36 bits per heavy atom. The van der Waals surface area contributed by atoms with Crippen molar-refractivity contribution in [3.05, 3.63) is 11.6 Å². The van der Waals surface area contributed by atoms with Gasteiger partial charge in [-0.1, -0.05) is 24.1 Å². The van der Waals surface area contributed by atoms with Gasteiger partial charge in [-0.15, -0.1) is 0 Å². The van der Waals surface area contributed by atoms with E-state index >= 15 is 0 Å². The predicted molar refractivity (Wildman–Crippen MR) is 56.3 cm³/mol. The fourth-order valence-electron chi connectivity index (χ4n) is 2.00. The van der Waals surface area contributed by atoms with E-state index < -0.39 is 5.97 Å². The summed E-state index contributed by atoms with van der Waals surface area (Å²) < 4.78 is 0. The van der Waals surface area contributed by atoms with Gasteiger partial charge in [0.25, 0.3) is 0 Å². The number of carboxylic acids is 1. The summed E-state index contributed by atoms with van der Waals surface area (Å²) in [4.78, 5) is 10.8. The molecule has 2 unspecified atom stereocenters. The van der Waals surface area contributed by atoms with Gasteiger partial charge < -0.3 is 10.4 Å². The van der Waals surface area contributed by atoms with E-state index in [2.05, 4.69) is 5.32 Å². The van der Waals surface area contributed by atoms with Crippen molar-refractivity contribution in [2.45, 2.75) is 19.3 Å². The quantitative estimate of drug-likeness (QED) is 0.691. The van der Waals surface area contributed by atoms with E-state index in [0.717, 1.165) is 25.8 Å². The Morgan fingerprint density at radius 3 is 3.00 bits per heavy atom. The summed E-state index contributed by atoms with van der Waals surface area (Å²) in [5, 5.41) is 12.1. The lowest BCUT2D eigenvalue weighted by molar-refractivity contribution is -0.142. The molecule has 2 atom stereocenters. The Labute approximate surface area is 89.1 Å². The largest absolute Gasteiger partial charge is 0.481 e. The highest BCUT2D eigenvalue weighted by atomic mass is 35.5. The van der Waals surface area contributed by atoms with Crippen molar-refractivity contribution in [1.82, 2.24) is 5.32 Å². The summed E-state index contributed by atoms with van der Waals surface area (Å²) in [5.74, 6) is -0.513. The summed E-state index contributed by atoms with van der Waals surface area (Å²) in [6, 6.07) is 0. The zero-order chi connectivity index (χ0) is 10.4. The molecule has 0 aromatic heterocycles. The summed E-state index contributed by atoms with van der Waals surface area (Å²) in [7, 11) is 0. The van der Waals surface area contributed by atoms with Crippen LogP contribution in [-0.2, 0) is 4.79 Å². The van der Waals surface area contributed by atoms with Gasteiger partial charge in [-0.05, 0) is 25.3 Å². The van der Waals surface area contributed by atoms with Gasteiger partial charge in [0.05, 0.1) is 5.92 Å². The van der Waals surface area contributed by atoms with Crippen LogP contribution in [0.4, 0.5) is 0 Å². The Morgan fingerprint density at radius 1 is 1.57 bits per heavy atom. The van der Waals surface area contributed by atoms with Crippen molar-refractivity contribution in [3.63, 3.8) is 0 Å². The molecule has 2 N–H and O–H groups in total. The molecule has 0 radical (unpaired) electrons. The van der Waals surface area contributed by atoms with E-state index in [9.17, 15) is 4.79 Å². The summed E-state index contributed by atoms with van der Waals surface area (Å²) in [6.07, 6.45) is 4.70. The van der Waals surface area contributed by atoms with Crippen LogP contribution in [0.15, 0.2) is 11.6 Å². The van der Waals surface area contributed by atoms with E-state index in [-0.39, 0.29) is 11.8 Å². The number of aliphatic carboxylic acids is 1. The minimum atomic E-state index is -0.651. The second kappa shape index (κ2) is 6.04. The highest BCUT2D eigenvalue weighted by Crippen LogP contribution is 2.31. The van der Waals surface area contributed by atoms with Crippen molar-refractivity contribution < 1.29 is 9.90 Å². The molecule has 3 nitrogen and oxygen atoms in total. The Balaban J connectivity index is 2.25. The summed E-state index contributed by atoms with van der Waals surface area (Å²) >= 11 is 5.36. The molecule has 1 aliphatic rings. The van der Waals surface area contributed by atoms with E-state index in [1.165, 1.54) is 5.54 Å². The van der Waals surface area contributed by atoms with Crippen molar-refractivity contribution >= 4 is 17.6 Å². The molecule has 1 aliphatic carbocycles. The van der Waals surface area contributed by atoms with Gasteiger partial charge in [0.15, 0.2) is 0 Å². The molecule has 0 aliphatic heterocycles. The fourth-order valence-corrected chi connectivity index (χ4v) is 2.09. The first-order valence-electron chi connectivity index (χ1n) is 4.94. The third-order valence-electron chi connectivity index (χ3n) is 2.73. The number of nitrogens with one attached hydrogen (secondary N) is 1. The minimum Gasteiger partial charge on any atom is -0.481 e. The summed E-state index contributed by atoms with van der Waals surface area (Å²) in [6.45, 7) is 1.49. The van der Waals surface area contributed by atoms with Gasteiger partial charge in [-0.2, -0.15) is 0 Å². The number of rotatable bonds is 5. The first kappa shape index (κ1) is 11.5. The fraction of sp³-hybridized carbons (Fsp3) is 0.700. The van der Waals surface area contributed by atoms with E-state index in [1.54, 1.807) is 0 Å². The monoisotopic (exact) mass is 217 g/mol. The second-order valence-corrected chi connectivity index (χ2v) is 3.91. The van der Waals surface area contributed by atoms with Gasteiger partial charge in [-0.25, -0.2) is 0 Å². The topological polar surface area (TPSA) is 49.3 Å². The average molecular weight is 218 g/mol. The van der Waals surface area contributed by atoms with Crippen LogP contribution < -0.4 is 5.32 Å². The molecule has 0 amide bonds. The lowest BCUT2D eigenvalue weighted by Crippen LogP contribution is -2.29. The zero-order valence-corrected chi connectivity index (χ0v) is 8.83. The van der Waals surface area contributed by atoms with E-state index in [4.69, 9.17) is 16.7 Å². The van der Waals surface area contributed by atoms with Gasteiger partial charge in [0, 0.05) is 12.1 Å². The Bertz CT molecular complexity index is 218. The third kappa shape index (κ3) is 3.31. The van der Waals surface area contributed by atoms with Gasteiger partial charge >= 0.3 is 5.97 Å². The first-order valence-corrected chi connectivity index (χ1v) is 5.38. The molecule has 0 spiro atoms. The molecule has 4 heteroatoms. The standard InChI is InChI=1S/C10H16ClNO2/c11-5-2-6-12-7-8-3-1-4-9(8)10(13)14/h2,5,8-9,12H,1,3-4,6-7H2,(H,13,14). The number of hydrogen-bond acceptors (Lipinski definition) is 2. The molecule has 14 heavy (non-hydrogen) atoms. The number of hydrogen-bond donors (Lipinski definition) is 2. The molecule has 1 saturated carbocycles. The zero-order valence-electron chi connectivity index (χ0n) is 8.08. The minimum absolute atomic E-state index is 0.150. The highest BCUT2D eigenvalue weighted by Gasteiger charge is 2.32. The molecule has 0 bridgehead atoms. The molecule has 1 rings (SSSR count). The van der Waals surface area contributed by atoms with Crippen molar-refractivity contribution in [2.24, 2.45) is 11.8 Å². The number of carboxylic acid groups (broad SMARTS) is 1. The Kier molecular flexibility index (Phi) is 4.98. The summed E-state index contributed by atoms with van der Waals surface area (Å²) in [5.41, 5.74) is 1.47. The van der Waals surface area contributed by atoms with Crippen LogP contribution >= 0.6 is 11.6 Å². The SMILES string of the molecule is O=C(O)C1CCCC1CNCC=CCl. The van der Waals surface area contributed by atoms with Gasteiger partial charge in [0.1, 0.15) is 0 Å². The number of halogens is 1. The van der Waals surface area contributed by atoms with Crippen molar-refractivity contribution in [1.29, 1.82) is 0 Å². The lowest BCUT2D eigenvalue weighted by atomic mass is 9.96. The molecule has 0 saturated heterocycles. The van der Waals surface area contributed by atoms with Crippen LogP contribution in [0.25, 0.3) is 0 Å². The third-order valence-corrected chi connectivity index (χ3v) is 2.91. The second-order valence-electron chi connectivity index (χ2n) is 3.66. The normalized spacial score (nSPS) is 27.2. The molecule has 0 aromatic carbocycles. The van der Waals surface area contributed by atoms with Crippen LogP contribution in [0.2, 0.25) is 0 Å². The lowest BCUT2D eigenvalue weighted by Gasteiger charge is -2.15. The molecular weight excluding hydrogens is 202 g/mol. The Hall–Kier alpha value is -0.540. The van der Waals surface area contributed by atoms with Crippen molar-refractivity contribution in [3.8, 4) is 0 Å². The van der Waals surface area contributed by atoms with Gasteiger partial charge in [0.2, 0.25) is 0 Å². The van der Waals surface area contributed by atoms with E-state index in [0.29, 0.717) is 6.54 Å². The number of carbonyl (C=O) groups is 1. The molecule has 0 aromatic rings. The first-order chi connectivity index (χ1) is 6.75. The predicted octanol–water partition coefficient (Wildman–Crippen LogP) is 1.83. The van der Waals surface area contributed by atoms with Crippen LogP contribution in [-0.4, -0.2) is 24.2 Å². The maximum atomic E-state index is 10.8. The molecule has 80 valence electrons. The van der Waals surface area contributed by atoms with Crippen LogP contribution in [0, 0.1) is 11.8 Å². The highest BCUT2D eigenvalue weighted by molar-refractivity contribution is 6.25. The molecule has 0 heterocycles. The molecule has 1 fully saturated rings. The van der Waals surface area contributed by atoms with Crippen LogP contribution in [0.3, 0.4) is 0 Å². The smallest absolute Gasteiger partial charge is 0.306 e. The van der Waals surface area contributed by atoms with Crippen molar-refractivity contribution in [2.75, 3.05) is 13.1 Å². The van der Waals surface area contributed by atoms with Crippen LogP contribution in [0.1, 0.15) is 19.3 Å². The van der Waals surface area contributed by atoms with E-state index in [1.807, 2.05) is 6.08 Å². The molecular formula is C10H16ClNO2. The van der Waals surface area contributed by atoms with Crippen LogP contribution in [0.5, 0.6) is 0 Å². The maximum Gasteiger partial charge on any atom is 0.306 e. The maximum absolute atomic E-state index is 10.8. The van der Waals surface area contributed by atoms with Gasteiger partial charge in [-0.3, -0.25) is 4.79 Å². The average Bonchev–Trinajstić information content (AvgIpc) is 2.60.